The molecule has 0 bridgehead atoms. The average molecular weight is 551 g/mol. The van der Waals surface area contributed by atoms with Gasteiger partial charge in [0, 0.05) is 52.2 Å². The molecule has 1 aliphatic carbocycles. The van der Waals surface area contributed by atoms with E-state index in [2.05, 4.69) is 82.0 Å². The number of hydrogen-bond donors (Lipinski definition) is 2. The number of benzene rings is 2. The third-order valence-corrected chi connectivity index (χ3v) is 8.99. The maximum absolute atomic E-state index is 14.3. The van der Waals surface area contributed by atoms with Crippen LogP contribution in [-0.4, -0.2) is 61.5 Å². The monoisotopic (exact) mass is 550 g/mol. The van der Waals surface area contributed by atoms with Crippen molar-refractivity contribution in [1.82, 2.24) is 15.5 Å². The third-order valence-electron chi connectivity index (χ3n) is 8.99. The molecule has 0 aromatic heterocycles. The van der Waals surface area contributed by atoms with Crippen LogP contribution in [0.2, 0.25) is 0 Å². The molecule has 3 atom stereocenters. The van der Waals surface area contributed by atoms with Crippen LogP contribution in [0.25, 0.3) is 11.1 Å². The van der Waals surface area contributed by atoms with Crippen LogP contribution in [0.4, 0.5) is 5.69 Å². The van der Waals surface area contributed by atoms with Crippen molar-refractivity contribution in [2.75, 3.05) is 31.6 Å². The molecule has 1 heterocycles. The maximum atomic E-state index is 14.3. The van der Waals surface area contributed by atoms with Gasteiger partial charge in [0.15, 0.2) is 0 Å². The molecule has 0 spiro atoms. The van der Waals surface area contributed by atoms with E-state index in [1.54, 1.807) is 0 Å². The Labute approximate surface area is 244 Å². The number of nitrogens with one attached hydrogen (secondary N) is 2. The third kappa shape index (κ3) is 7.87. The zero-order valence-corrected chi connectivity index (χ0v) is 24.9. The average Bonchev–Trinajstić information content (AvgIpc) is 3.43. The normalized spacial score (nSPS) is 19.9. The van der Waals surface area contributed by atoms with E-state index in [-0.39, 0.29) is 32.7 Å². The molecule has 0 unspecified atom stereocenters. The van der Waals surface area contributed by atoms with Gasteiger partial charge in [-0.3, -0.25) is 9.59 Å². The summed E-state index contributed by atoms with van der Waals surface area (Å²) in [6, 6.07) is 18.9. The Bertz CT molecular complexity index is 1080. The maximum Gasteiger partial charge on any atom is 0.245 e. The van der Waals surface area contributed by atoms with Gasteiger partial charge in [-0.1, -0.05) is 80.6 Å². The highest BCUT2D eigenvalue weighted by atomic mass is 16.2. The number of carbonyl (C=O) groups is 2. The number of rotatable bonds is 11. The van der Waals surface area contributed by atoms with Crippen LogP contribution in [0.15, 0.2) is 54.6 Å². The van der Waals surface area contributed by atoms with Crippen molar-refractivity contribution in [1.29, 1.82) is 0 Å². The first-order chi connectivity index (χ1) is 19.5. The summed E-state index contributed by atoms with van der Waals surface area (Å²) in [7, 11) is 1.87. The molecule has 40 heavy (non-hydrogen) atoms. The summed E-state index contributed by atoms with van der Waals surface area (Å²) in [4.78, 5) is 31.9. The Morgan fingerprint density at radius 1 is 0.950 bits per heavy atom. The Morgan fingerprint density at radius 3 is 2.33 bits per heavy atom. The van der Waals surface area contributed by atoms with Gasteiger partial charge in [-0.2, -0.15) is 0 Å². The van der Waals surface area contributed by atoms with Gasteiger partial charge in [-0.05, 0) is 64.1 Å². The van der Waals surface area contributed by atoms with Gasteiger partial charge in [0.25, 0.3) is 0 Å². The molecule has 0 radical (unpaired) electrons. The topological polar surface area (TPSA) is 64.7 Å². The number of amides is 2. The lowest BCUT2D eigenvalue weighted by Crippen LogP contribution is -2.55. The summed E-state index contributed by atoms with van der Waals surface area (Å²) in [5.41, 5.74) is 3.64. The fourth-order valence-corrected chi connectivity index (χ4v) is 6.57. The minimum Gasteiger partial charge on any atom is -0.369 e. The second-order valence-electron chi connectivity index (χ2n) is 11.8. The molecule has 1 saturated carbocycles. The molecular weight excluding hydrogens is 496 g/mol. The molecule has 2 amide bonds. The molecule has 1 aliphatic heterocycles. The lowest BCUT2D eigenvalue weighted by atomic mass is 9.85. The largest absolute Gasteiger partial charge is 0.369 e. The van der Waals surface area contributed by atoms with Crippen molar-refractivity contribution in [2.45, 2.75) is 96.2 Å². The molecular formula is C34H54N4O2. The molecule has 2 aromatic carbocycles. The molecule has 6 nitrogen and oxygen atoms in total. The predicted octanol–water partition coefficient (Wildman–Crippen LogP) is 6.51. The second kappa shape index (κ2) is 15.2. The number of likely N-dealkylation sites (tertiary alicyclic amines) is 1. The fourth-order valence-electron chi connectivity index (χ4n) is 6.57. The lowest BCUT2D eigenvalue weighted by Gasteiger charge is -2.37. The number of likely N-dealkylation sites (N-methyl/N-ethyl adjacent to an activating group) is 1. The molecule has 4 rings (SSSR count). The van der Waals surface area contributed by atoms with E-state index in [1.165, 1.54) is 36.1 Å². The summed E-state index contributed by atoms with van der Waals surface area (Å²) in [6.07, 6.45) is 10.4. The molecule has 2 aliphatic rings. The second-order valence-corrected chi connectivity index (χ2v) is 11.8. The van der Waals surface area contributed by atoms with Crippen molar-refractivity contribution in [2.24, 2.45) is 5.92 Å². The highest BCUT2D eigenvalue weighted by molar-refractivity contribution is 5.88. The van der Waals surface area contributed by atoms with Crippen LogP contribution in [0.5, 0.6) is 0 Å². The van der Waals surface area contributed by atoms with E-state index in [9.17, 15) is 9.59 Å². The number of para-hydroxylation sites is 1. The molecule has 2 aromatic rings. The number of nitrogens with zero attached hydrogens (tertiary/aromatic N) is 2. The van der Waals surface area contributed by atoms with Gasteiger partial charge < -0.3 is 20.4 Å². The highest BCUT2D eigenvalue weighted by Crippen LogP contribution is 2.33. The minimum atomic E-state index is -0.429. The van der Waals surface area contributed by atoms with E-state index in [0.717, 1.165) is 58.2 Å². The number of anilines is 1. The molecule has 222 valence electrons. The van der Waals surface area contributed by atoms with E-state index in [0.29, 0.717) is 6.42 Å². The highest BCUT2D eigenvalue weighted by Gasteiger charge is 2.38. The van der Waals surface area contributed by atoms with Gasteiger partial charge in [0.1, 0.15) is 6.04 Å². The van der Waals surface area contributed by atoms with Crippen LogP contribution >= 0.6 is 0 Å². The number of carbonyl (C=O) groups excluding carboxylic acids is 2. The molecule has 2 N–H and O–H groups in total. The summed E-state index contributed by atoms with van der Waals surface area (Å²) in [5, 5.41) is 6.40. The van der Waals surface area contributed by atoms with Crippen molar-refractivity contribution in [3.63, 3.8) is 0 Å². The Hall–Kier alpha value is -2.86. The minimum absolute atomic E-state index is 0. The SMILES string of the molecule is CCN(C[C@@H]1CCCN1C(=O)[C@@H](NC(=O)C[C@H](C)NC)C1CCCCCCC1)c1ccccc1-c1ccccc1.[HH].[HH]. The summed E-state index contributed by atoms with van der Waals surface area (Å²) >= 11 is 0. The summed E-state index contributed by atoms with van der Waals surface area (Å²) in [5.74, 6) is 0.319. The van der Waals surface area contributed by atoms with Crippen LogP contribution < -0.4 is 15.5 Å². The van der Waals surface area contributed by atoms with Crippen LogP contribution in [0.1, 0.15) is 80.9 Å². The predicted molar refractivity (Wildman–Crippen MR) is 170 cm³/mol. The van der Waals surface area contributed by atoms with E-state index < -0.39 is 6.04 Å². The molecule has 2 fully saturated rings. The van der Waals surface area contributed by atoms with Crippen LogP contribution in [0, 0.1) is 5.92 Å². The van der Waals surface area contributed by atoms with Gasteiger partial charge in [-0.15, -0.1) is 0 Å². The van der Waals surface area contributed by atoms with Crippen LogP contribution in [0.3, 0.4) is 0 Å². The summed E-state index contributed by atoms with van der Waals surface area (Å²) in [6.45, 7) is 6.65. The van der Waals surface area contributed by atoms with Crippen molar-refractivity contribution < 1.29 is 12.4 Å². The Morgan fingerprint density at radius 2 is 1.62 bits per heavy atom. The van der Waals surface area contributed by atoms with Crippen molar-refractivity contribution >= 4 is 17.5 Å². The molecule has 1 saturated heterocycles. The standard InChI is InChI=1S/C34H50N4O2.2H2/c1-4-37(31-22-14-13-21-30(31)27-16-11-8-12-17-27)25-29-20-15-23-38(29)34(40)33(36-32(39)24-26(2)35-3)28-18-9-6-5-7-10-19-28;;/h8,11-14,16-17,21-22,26,28-29,33,35H,4-7,9-10,15,18-20,23-25H2,1-3H3,(H,36,39);2*1H/t26-,29-,33-;;/m0../s1. The Kier molecular flexibility index (Phi) is 11.5. The van der Waals surface area contributed by atoms with E-state index in [1.807, 2.05) is 14.0 Å². The van der Waals surface area contributed by atoms with Crippen LogP contribution in [-0.2, 0) is 9.59 Å². The quantitative estimate of drug-likeness (QED) is 0.335. The fraction of sp³-hybridized carbons (Fsp3) is 0.588. The van der Waals surface area contributed by atoms with Gasteiger partial charge >= 0.3 is 0 Å². The first-order valence-electron chi connectivity index (χ1n) is 15.7. The summed E-state index contributed by atoms with van der Waals surface area (Å²) < 4.78 is 0. The molecule has 6 heteroatoms. The first-order valence-corrected chi connectivity index (χ1v) is 15.7. The van der Waals surface area contributed by atoms with Crippen molar-refractivity contribution in [3.05, 3.63) is 54.6 Å². The number of hydrogen-bond acceptors (Lipinski definition) is 4. The first kappa shape index (κ1) is 30.1. The smallest absolute Gasteiger partial charge is 0.245 e. The Balaban J connectivity index is 0.00000308. The lowest BCUT2D eigenvalue weighted by molar-refractivity contribution is -0.139. The zero-order valence-electron chi connectivity index (χ0n) is 24.9. The van der Waals surface area contributed by atoms with Gasteiger partial charge in [-0.25, -0.2) is 0 Å². The van der Waals surface area contributed by atoms with E-state index in [4.69, 9.17) is 0 Å². The van der Waals surface area contributed by atoms with E-state index >= 15 is 0 Å². The van der Waals surface area contributed by atoms with Crippen molar-refractivity contribution in [3.8, 4) is 11.1 Å². The zero-order chi connectivity index (χ0) is 28.3. The van der Waals surface area contributed by atoms with Gasteiger partial charge in [0.2, 0.25) is 11.8 Å². The van der Waals surface area contributed by atoms with Gasteiger partial charge in [0.05, 0.1) is 0 Å².